The Morgan fingerprint density at radius 1 is 1.22 bits per heavy atom. The summed E-state index contributed by atoms with van der Waals surface area (Å²) in [6, 6.07) is 0. The van der Waals surface area contributed by atoms with Crippen LogP contribution in [-0.2, 0) is 9.53 Å². The molecule has 4 nitrogen and oxygen atoms in total. The van der Waals surface area contributed by atoms with Crippen molar-refractivity contribution in [3.63, 3.8) is 0 Å². The van der Waals surface area contributed by atoms with E-state index >= 15 is 0 Å². The number of nitrogens with zero attached hydrogens (tertiary/aromatic N) is 2. The van der Waals surface area contributed by atoms with E-state index in [1.165, 1.54) is 12.8 Å². The summed E-state index contributed by atoms with van der Waals surface area (Å²) in [5.41, 5.74) is 0. The molecule has 2 aliphatic heterocycles. The number of amides is 1. The molecular formula is C13H23ClN2O2. The van der Waals surface area contributed by atoms with E-state index in [1.807, 2.05) is 4.90 Å². The third-order valence-corrected chi connectivity index (χ3v) is 3.92. The fraction of sp³-hybridized carbons (Fsp3) is 0.923. The maximum Gasteiger partial charge on any atom is 0.223 e. The molecule has 0 saturated carbocycles. The molecule has 0 radical (unpaired) electrons. The van der Waals surface area contributed by atoms with Crippen LogP contribution in [0.15, 0.2) is 0 Å². The molecule has 1 atom stereocenters. The van der Waals surface area contributed by atoms with Gasteiger partial charge in [0.15, 0.2) is 0 Å². The number of hydrogen-bond donors (Lipinski definition) is 0. The molecule has 0 spiro atoms. The van der Waals surface area contributed by atoms with Crippen LogP contribution in [0.3, 0.4) is 0 Å². The average Bonchev–Trinajstić information content (AvgIpc) is 2.74. The lowest BCUT2D eigenvalue weighted by molar-refractivity contribution is -0.130. The van der Waals surface area contributed by atoms with Crippen molar-refractivity contribution < 1.29 is 9.53 Å². The number of alkyl halides is 1. The highest BCUT2D eigenvalue weighted by molar-refractivity contribution is 6.18. The Bertz CT molecular complexity index is 270. The van der Waals surface area contributed by atoms with E-state index in [0.29, 0.717) is 18.4 Å². The molecule has 2 heterocycles. The summed E-state index contributed by atoms with van der Waals surface area (Å²) in [5, 5.41) is 0. The van der Waals surface area contributed by atoms with Gasteiger partial charge >= 0.3 is 0 Å². The zero-order valence-corrected chi connectivity index (χ0v) is 11.7. The molecule has 0 aromatic carbocycles. The molecule has 2 aliphatic rings. The molecular weight excluding hydrogens is 252 g/mol. The second-order valence-corrected chi connectivity index (χ2v) is 5.49. The van der Waals surface area contributed by atoms with Crippen molar-refractivity contribution in [1.29, 1.82) is 0 Å². The highest BCUT2D eigenvalue weighted by Gasteiger charge is 2.22. The fourth-order valence-electron chi connectivity index (χ4n) is 2.72. The molecule has 5 heteroatoms. The van der Waals surface area contributed by atoms with Crippen LogP contribution < -0.4 is 0 Å². The van der Waals surface area contributed by atoms with Crippen LogP contribution >= 0.6 is 11.6 Å². The minimum Gasteiger partial charge on any atom is -0.377 e. The van der Waals surface area contributed by atoms with E-state index in [4.69, 9.17) is 16.3 Å². The average molecular weight is 275 g/mol. The summed E-state index contributed by atoms with van der Waals surface area (Å²) in [7, 11) is 0. The highest BCUT2D eigenvalue weighted by Crippen LogP contribution is 2.14. The number of carbonyl (C=O) groups excluding carboxylic acids is 1. The van der Waals surface area contributed by atoms with Crippen LogP contribution in [0.4, 0.5) is 0 Å². The fourth-order valence-corrected chi connectivity index (χ4v) is 2.88. The topological polar surface area (TPSA) is 32.8 Å². The Labute approximate surface area is 114 Å². The molecule has 0 aliphatic carbocycles. The second-order valence-electron chi connectivity index (χ2n) is 5.11. The molecule has 0 aromatic rings. The van der Waals surface area contributed by atoms with Gasteiger partial charge in [-0.05, 0) is 25.8 Å². The van der Waals surface area contributed by atoms with Crippen LogP contribution in [0.1, 0.15) is 25.7 Å². The first kappa shape index (κ1) is 14.1. The van der Waals surface area contributed by atoms with Crippen LogP contribution in [0, 0.1) is 0 Å². The molecule has 2 rings (SSSR count). The van der Waals surface area contributed by atoms with E-state index in [2.05, 4.69) is 4.90 Å². The monoisotopic (exact) mass is 274 g/mol. The van der Waals surface area contributed by atoms with Gasteiger partial charge in [-0.2, -0.15) is 0 Å². The van der Waals surface area contributed by atoms with E-state index in [1.54, 1.807) is 0 Å². The third-order valence-electron chi connectivity index (χ3n) is 3.74. The number of ether oxygens (including phenoxy) is 1. The molecule has 1 unspecified atom stereocenters. The van der Waals surface area contributed by atoms with Gasteiger partial charge in [0.05, 0.1) is 6.10 Å². The molecule has 0 bridgehead atoms. The lowest BCUT2D eigenvalue weighted by atomic mass is 10.2. The minimum atomic E-state index is 0.198. The van der Waals surface area contributed by atoms with Gasteiger partial charge in [0, 0.05) is 45.1 Å². The van der Waals surface area contributed by atoms with Gasteiger partial charge in [-0.3, -0.25) is 9.69 Å². The minimum absolute atomic E-state index is 0.198. The summed E-state index contributed by atoms with van der Waals surface area (Å²) >= 11 is 5.62. The molecule has 2 fully saturated rings. The first-order valence-electron chi connectivity index (χ1n) is 6.97. The lowest BCUT2D eigenvalue weighted by Crippen LogP contribution is -2.37. The predicted molar refractivity (Wildman–Crippen MR) is 71.9 cm³/mol. The van der Waals surface area contributed by atoms with Gasteiger partial charge in [0.1, 0.15) is 0 Å². The molecule has 1 amide bonds. The summed E-state index contributed by atoms with van der Waals surface area (Å²) in [6.45, 7) is 5.69. The van der Waals surface area contributed by atoms with E-state index in [0.717, 1.165) is 45.8 Å². The van der Waals surface area contributed by atoms with Gasteiger partial charge < -0.3 is 9.64 Å². The second kappa shape index (κ2) is 7.31. The number of rotatable bonds is 4. The van der Waals surface area contributed by atoms with Crippen molar-refractivity contribution in [3.8, 4) is 0 Å². The van der Waals surface area contributed by atoms with Crippen LogP contribution in [0.5, 0.6) is 0 Å². The van der Waals surface area contributed by atoms with Gasteiger partial charge in [0.2, 0.25) is 5.91 Å². The first-order chi connectivity index (χ1) is 8.79. The first-order valence-corrected chi connectivity index (χ1v) is 7.51. The van der Waals surface area contributed by atoms with Crippen molar-refractivity contribution in [2.45, 2.75) is 31.8 Å². The van der Waals surface area contributed by atoms with Gasteiger partial charge in [-0.25, -0.2) is 0 Å². The Balaban J connectivity index is 1.75. The maximum absolute atomic E-state index is 11.8. The standard InChI is InChI=1S/C13H23ClN2O2/c14-5-4-13(17)16-7-2-6-15(8-9-16)11-12-3-1-10-18-12/h12H,1-11H2. The SMILES string of the molecule is O=C(CCCl)N1CCCN(CC2CCCO2)CC1. The van der Waals surface area contributed by atoms with Gasteiger partial charge in [0.25, 0.3) is 0 Å². The van der Waals surface area contributed by atoms with Crippen molar-refractivity contribution in [2.24, 2.45) is 0 Å². The Kier molecular flexibility index (Phi) is 5.73. The molecule has 2 saturated heterocycles. The summed E-state index contributed by atoms with van der Waals surface area (Å²) in [5.74, 6) is 0.624. The van der Waals surface area contributed by atoms with Crippen molar-refractivity contribution in [3.05, 3.63) is 0 Å². The molecule has 0 N–H and O–H groups in total. The highest BCUT2D eigenvalue weighted by atomic mass is 35.5. The summed E-state index contributed by atoms with van der Waals surface area (Å²) < 4.78 is 5.67. The van der Waals surface area contributed by atoms with Gasteiger partial charge in [-0.15, -0.1) is 11.6 Å². The molecule has 0 aromatic heterocycles. The number of carbonyl (C=O) groups is 1. The van der Waals surface area contributed by atoms with Crippen molar-refractivity contribution >= 4 is 17.5 Å². The largest absolute Gasteiger partial charge is 0.377 e. The number of hydrogen-bond acceptors (Lipinski definition) is 3. The molecule has 18 heavy (non-hydrogen) atoms. The lowest BCUT2D eigenvalue weighted by Gasteiger charge is -2.24. The van der Waals surface area contributed by atoms with E-state index < -0.39 is 0 Å². The quantitative estimate of drug-likeness (QED) is 0.725. The smallest absolute Gasteiger partial charge is 0.223 e. The van der Waals surface area contributed by atoms with Crippen LogP contribution in [0.25, 0.3) is 0 Å². The normalized spacial score (nSPS) is 26.3. The zero-order chi connectivity index (χ0) is 12.8. The maximum atomic E-state index is 11.8. The summed E-state index contributed by atoms with van der Waals surface area (Å²) in [6.07, 6.45) is 4.31. The van der Waals surface area contributed by atoms with Crippen molar-refractivity contribution in [1.82, 2.24) is 9.80 Å². The zero-order valence-electron chi connectivity index (χ0n) is 10.9. The van der Waals surface area contributed by atoms with E-state index in [9.17, 15) is 4.79 Å². The van der Waals surface area contributed by atoms with Crippen molar-refractivity contribution in [2.75, 3.05) is 45.2 Å². The van der Waals surface area contributed by atoms with Crippen LogP contribution in [-0.4, -0.2) is 67.0 Å². The summed E-state index contributed by atoms with van der Waals surface area (Å²) in [4.78, 5) is 16.2. The Morgan fingerprint density at radius 2 is 2.11 bits per heavy atom. The van der Waals surface area contributed by atoms with Crippen LogP contribution in [0.2, 0.25) is 0 Å². The third kappa shape index (κ3) is 4.11. The Hall–Kier alpha value is -0.320. The van der Waals surface area contributed by atoms with E-state index in [-0.39, 0.29) is 5.91 Å². The number of halogens is 1. The van der Waals surface area contributed by atoms with Gasteiger partial charge in [-0.1, -0.05) is 0 Å². The predicted octanol–water partition coefficient (Wildman–Crippen LogP) is 1.33. The molecule has 104 valence electrons. The Morgan fingerprint density at radius 3 is 2.83 bits per heavy atom.